The highest BCUT2D eigenvalue weighted by Crippen LogP contribution is 2.31. The molecule has 0 saturated carbocycles. The zero-order valence-corrected chi connectivity index (χ0v) is 16.5. The molecule has 0 atom stereocenters. The van der Waals surface area contributed by atoms with Gasteiger partial charge in [0.15, 0.2) is 5.78 Å². The number of nitrogens with one attached hydrogen (secondary N) is 1. The molecule has 0 spiro atoms. The van der Waals surface area contributed by atoms with E-state index in [2.05, 4.69) is 29.6 Å². The molecule has 1 aromatic heterocycles. The van der Waals surface area contributed by atoms with Crippen LogP contribution in [0.5, 0.6) is 0 Å². The molecule has 0 unspecified atom stereocenters. The first kappa shape index (κ1) is 18.6. The van der Waals surface area contributed by atoms with E-state index in [1.54, 1.807) is 24.4 Å². The average molecular weight is 395 g/mol. The van der Waals surface area contributed by atoms with Gasteiger partial charge in [0.1, 0.15) is 16.6 Å². The van der Waals surface area contributed by atoms with Crippen molar-refractivity contribution in [2.24, 2.45) is 0 Å². The topological polar surface area (TPSA) is 65.8 Å². The van der Waals surface area contributed by atoms with E-state index in [0.29, 0.717) is 16.1 Å². The van der Waals surface area contributed by atoms with Gasteiger partial charge in [-0.3, -0.25) is 4.79 Å². The predicted octanol–water partition coefficient (Wildman–Crippen LogP) is 6.14. The quantitative estimate of drug-likeness (QED) is 0.325. The normalized spacial score (nSPS) is 11.2. The molecule has 0 aliphatic rings. The summed E-state index contributed by atoms with van der Waals surface area (Å²) in [5, 5.41) is 17.6. The Labute approximate surface area is 172 Å². The number of allylic oxidation sites excluding steroid dienone is 1. The minimum atomic E-state index is -0.00205. The van der Waals surface area contributed by atoms with E-state index in [1.807, 2.05) is 35.7 Å². The summed E-state index contributed by atoms with van der Waals surface area (Å²) in [6, 6.07) is 23.7. The second-order valence-corrected chi connectivity index (χ2v) is 7.37. The molecule has 1 N–H and O–H groups in total. The second-order valence-electron chi connectivity index (χ2n) is 6.52. The maximum atomic E-state index is 11.5. The van der Waals surface area contributed by atoms with Crippen LogP contribution >= 0.6 is 11.3 Å². The van der Waals surface area contributed by atoms with Gasteiger partial charge in [-0.15, -0.1) is 11.3 Å². The average Bonchev–Trinajstić information content (AvgIpc) is 3.24. The van der Waals surface area contributed by atoms with Crippen molar-refractivity contribution >= 4 is 39.2 Å². The number of fused-ring (bicyclic) bond motifs is 1. The van der Waals surface area contributed by atoms with Crippen molar-refractivity contribution in [2.75, 3.05) is 5.32 Å². The van der Waals surface area contributed by atoms with E-state index in [9.17, 15) is 10.1 Å². The molecule has 3 aromatic carbocycles. The van der Waals surface area contributed by atoms with E-state index >= 15 is 0 Å². The van der Waals surface area contributed by atoms with Crippen molar-refractivity contribution in [3.63, 3.8) is 0 Å². The standard InChI is InChI=1S/C24H17N3OS/c1-16(28)18-8-4-9-20(12-18)26-14-19(13-25)24-27-23(15-29-24)22-11-5-7-17-6-2-3-10-21(17)22/h2-12,14-15,26H,1H3. The van der Waals surface area contributed by atoms with E-state index in [0.717, 1.165) is 27.7 Å². The second kappa shape index (κ2) is 8.09. The highest BCUT2D eigenvalue weighted by molar-refractivity contribution is 7.11. The summed E-state index contributed by atoms with van der Waals surface area (Å²) in [4.78, 5) is 16.2. The molecule has 4 aromatic rings. The number of nitriles is 1. The fraction of sp³-hybridized carbons (Fsp3) is 0.0417. The fourth-order valence-corrected chi connectivity index (χ4v) is 3.88. The molecule has 5 heteroatoms. The van der Waals surface area contributed by atoms with Crippen LogP contribution in [0.2, 0.25) is 0 Å². The third-order valence-electron chi connectivity index (χ3n) is 4.57. The van der Waals surface area contributed by atoms with Crippen LogP contribution in [-0.2, 0) is 0 Å². The number of rotatable bonds is 5. The third-order valence-corrected chi connectivity index (χ3v) is 5.45. The first-order valence-corrected chi connectivity index (χ1v) is 9.95. The Morgan fingerprint density at radius 1 is 1.10 bits per heavy atom. The van der Waals surface area contributed by atoms with Crippen molar-refractivity contribution in [1.82, 2.24) is 4.98 Å². The third kappa shape index (κ3) is 3.93. The summed E-state index contributed by atoms with van der Waals surface area (Å²) < 4.78 is 0. The SMILES string of the molecule is CC(=O)c1cccc(NC=C(C#N)c2nc(-c3cccc4ccccc34)cs2)c1. The molecule has 4 nitrogen and oxygen atoms in total. The Kier molecular flexibility index (Phi) is 5.19. The number of thiazole rings is 1. The number of ketones is 1. The monoisotopic (exact) mass is 395 g/mol. The minimum absolute atomic E-state index is 0.00205. The van der Waals surface area contributed by atoms with Crippen LogP contribution < -0.4 is 5.32 Å². The van der Waals surface area contributed by atoms with Gasteiger partial charge in [0.25, 0.3) is 0 Å². The van der Waals surface area contributed by atoms with Crippen LogP contribution in [0.25, 0.3) is 27.6 Å². The molecule has 0 aliphatic heterocycles. The zero-order valence-electron chi connectivity index (χ0n) is 15.7. The first-order chi connectivity index (χ1) is 14.2. The molecule has 140 valence electrons. The maximum absolute atomic E-state index is 11.5. The van der Waals surface area contributed by atoms with Gasteiger partial charge in [-0.2, -0.15) is 5.26 Å². The molecule has 0 aliphatic carbocycles. The Morgan fingerprint density at radius 2 is 1.90 bits per heavy atom. The molecule has 0 bridgehead atoms. The van der Waals surface area contributed by atoms with Crippen molar-refractivity contribution in [3.8, 4) is 17.3 Å². The number of aromatic nitrogens is 1. The van der Waals surface area contributed by atoms with Crippen molar-refractivity contribution < 1.29 is 4.79 Å². The lowest BCUT2D eigenvalue weighted by Gasteiger charge is -2.04. The number of carbonyl (C=O) groups is 1. The molecule has 0 fully saturated rings. The predicted molar refractivity (Wildman–Crippen MR) is 119 cm³/mol. The first-order valence-electron chi connectivity index (χ1n) is 9.07. The van der Waals surface area contributed by atoms with Crippen LogP contribution in [0.3, 0.4) is 0 Å². The lowest BCUT2D eigenvalue weighted by atomic mass is 10.0. The van der Waals surface area contributed by atoms with Crippen molar-refractivity contribution in [2.45, 2.75) is 6.92 Å². The summed E-state index contributed by atoms with van der Waals surface area (Å²) in [7, 11) is 0. The fourth-order valence-electron chi connectivity index (χ4n) is 3.10. The molecule has 1 heterocycles. The number of nitrogens with zero attached hydrogens (tertiary/aromatic N) is 2. The molecule has 0 amide bonds. The molecule has 0 radical (unpaired) electrons. The highest BCUT2D eigenvalue weighted by atomic mass is 32.1. The van der Waals surface area contributed by atoms with Gasteiger partial charge in [0.2, 0.25) is 0 Å². The summed E-state index contributed by atoms with van der Waals surface area (Å²) in [5.74, 6) is -0.00205. The number of hydrogen-bond acceptors (Lipinski definition) is 5. The number of carbonyl (C=O) groups excluding carboxylic acids is 1. The minimum Gasteiger partial charge on any atom is -0.360 e. The van der Waals surface area contributed by atoms with Crippen LogP contribution in [0, 0.1) is 11.3 Å². The van der Waals surface area contributed by atoms with E-state index in [1.165, 1.54) is 18.3 Å². The molecular weight excluding hydrogens is 378 g/mol. The van der Waals surface area contributed by atoms with E-state index in [-0.39, 0.29) is 5.78 Å². The van der Waals surface area contributed by atoms with E-state index in [4.69, 9.17) is 4.98 Å². The number of benzene rings is 3. The van der Waals surface area contributed by atoms with Gasteiger partial charge in [-0.1, -0.05) is 54.6 Å². The van der Waals surface area contributed by atoms with Gasteiger partial charge in [-0.25, -0.2) is 4.98 Å². The lowest BCUT2D eigenvalue weighted by molar-refractivity contribution is 0.101. The molecule has 29 heavy (non-hydrogen) atoms. The highest BCUT2D eigenvalue weighted by Gasteiger charge is 2.11. The Morgan fingerprint density at radius 3 is 2.72 bits per heavy atom. The smallest absolute Gasteiger partial charge is 0.159 e. The lowest BCUT2D eigenvalue weighted by Crippen LogP contribution is -1.95. The van der Waals surface area contributed by atoms with Gasteiger partial charge < -0.3 is 5.32 Å². The Bertz CT molecular complexity index is 1280. The number of hydrogen-bond donors (Lipinski definition) is 1. The van der Waals surface area contributed by atoms with Gasteiger partial charge in [-0.05, 0) is 29.8 Å². The molecule has 4 rings (SSSR count). The zero-order chi connectivity index (χ0) is 20.2. The van der Waals surface area contributed by atoms with Crippen LogP contribution in [0.4, 0.5) is 5.69 Å². The van der Waals surface area contributed by atoms with Gasteiger partial charge in [0.05, 0.1) is 5.69 Å². The van der Waals surface area contributed by atoms with E-state index < -0.39 is 0 Å². The summed E-state index contributed by atoms with van der Waals surface area (Å²) in [5.41, 5.74) is 3.70. The van der Waals surface area contributed by atoms with Gasteiger partial charge >= 0.3 is 0 Å². The number of Topliss-reactive ketones (excluding diaryl/α,β-unsaturated/α-hetero) is 1. The van der Waals surface area contributed by atoms with Crippen LogP contribution in [-0.4, -0.2) is 10.8 Å². The Balaban J connectivity index is 1.64. The summed E-state index contributed by atoms with van der Waals surface area (Å²) in [6.07, 6.45) is 1.63. The molecule has 0 saturated heterocycles. The Hall–Kier alpha value is -3.75. The van der Waals surface area contributed by atoms with Crippen molar-refractivity contribution in [3.05, 3.63) is 88.9 Å². The molecular formula is C24H17N3OS. The number of anilines is 1. The summed E-state index contributed by atoms with van der Waals surface area (Å²) >= 11 is 1.43. The maximum Gasteiger partial charge on any atom is 0.159 e. The summed E-state index contributed by atoms with van der Waals surface area (Å²) in [6.45, 7) is 1.53. The van der Waals surface area contributed by atoms with Crippen molar-refractivity contribution in [1.29, 1.82) is 5.26 Å². The van der Waals surface area contributed by atoms with Crippen LogP contribution in [0.15, 0.2) is 78.3 Å². The van der Waals surface area contributed by atoms with Crippen LogP contribution in [0.1, 0.15) is 22.3 Å². The van der Waals surface area contributed by atoms with Gasteiger partial charge in [0, 0.05) is 28.4 Å². The largest absolute Gasteiger partial charge is 0.360 e.